The molecule has 0 aromatic heterocycles. The van der Waals surface area contributed by atoms with Gasteiger partial charge >= 0.3 is 0 Å². The second-order valence-corrected chi connectivity index (χ2v) is 5.64. The minimum atomic E-state index is 0.294. The summed E-state index contributed by atoms with van der Waals surface area (Å²) in [5, 5.41) is 0. The molecule has 0 bridgehead atoms. The summed E-state index contributed by atoms with van der Waals surface area (Å²) in [6.45, 7) is 10.0. The Hall–Kier alpha value is -0.900. The molecule has 2 rings (SSSR count). The summed E-state index contributed by atoms with van der Waals surface area (Å²) < 4.78 is 5.73. The van der Waals surface area contributed by atoms with Crippen LogP contribution in [-0.4, -0.2) is 37.2 Å². The number of aryl methyl sites for hydroxylation is 2. The maximum Gasteiger partial charge on any atom is 0.0674 e. The summed E-state index contributed by atoms with van der Waals surface area (Å²) in [6.07, 6.45) is 1.38. The highest BCUT2D eigenvalue weighted by Crippen LogP contribution is 2.25. The topological polar surface area (TPSA) is 38.5 Å². The quantitative estimate of drug-likeness (QED) is 0.909. The Morgan fingerprint density at radius 2 is 2.21 bits per heavy atom. The lowest BCUT2D eigenvalue weighted by Crippen LogP contribution is -2.38. The van der Waals surface area contributed by atoms with Gasteiger partial charge in [-0.1, -0.05) is 23.8 Å². The minimum Gasteiger partial charge on any atom is -0.377 e. The Balaban J connectivity index is 2.22. The van der Waals surface area contributed by atoms with E-state index in [0.29, 0.717) is 18.7 Å². The molecule has 1 saturated heterocycles. The number of benzene rings is 1. The molecule has 106 valence electrons. The van der Waals surface area contributed by atoms with Crippen LogP contribution >= 0.6 is 0 Å². The molecule has 0 saturated carbocycles. The highest BCUT2D eigenvalue weighted by atomic mass is 16.5. The largest absolute Gasteiger partial charge is 0.377 e. The molecule has 3 nitrogen and oxygen atoms in total. The van der Waals surface area contributed by atoms with Crippen LogP contribution in [0.2, 0.25) is 0 Å². The summed E-state index contributed by atoms with van der Waals surface area (Å²) in [5.41, 5.74) is 10.1. The zero-order valence-electron chi connectivity index (χ0n) is 12.4. The van der Waals surface area contributed by atoms with Crippen molar-refractivity contribution in [1.29, 1.82) is 0 Å². The molecule has 3 heteroatoms. The van der Waals surface area contributed by atoms with Gasteiger partial charge < -0.3 is 10.5 Å². The molecule has 1 fully saturated rings. The van der Waals surface area contributed by atoms with Gasteiger partial charge in [0, 0.05) is 32.3 Å². The summed E-state index contributed by atoms with van der Waals surface area (Å²) >= 11 is 0. The molecule has 19 heavy (non-hydrogen) atoms. The number of nitrogens with two attached hydrogens (primary N) is 1. The van der Waals surface area contributed by atoms with Gasteiger partial charge in [0.15, 0.2) is 0 Å². The summed E-state index contributed by atoms with van der Waals surface area (Å²) in [6, 6.07) is 6.97. The monoisotopic (exact) mass is 262 g/mol. The maximum atomic E-state index is 6.06. The highest BCUT2D eigenvalue weighted by molar-refractivity contribution is 5.33. The van der Waals surface area contributed by atoms with Crippen molar-refractivity contribution in [1.82, 2.24) is 4.90 Å². The molecule has 1 aromatic rings. The van der Waals surface area contributed by atoms with Gasteiger partial charge in [-0.3, -0.25) is 4.90 Å². The normalized spacial score (nSPS) is 23.1. The third-order valence-corrected chi connectivity index (χ3v) is 3.93. The fourth-order valence-electron chi connectivity index (χ4n) is 2.98. The fourth-order valence-corrected chi connectivity index (χ4v) is 2.98. The van der Waals surface area contributed by atoms with E-state index >= 15 is 0 Å². The zero-order chi connectivity index (χ0) is 13.8. The van der Waals surface area contributed by atoms with Crippen LogP contribution < -0.4 is 5.73 Å². The van der Waals surface area contributed by atoms with Gasteiger partial charge in [-0.25, -0.2) is 0 Å². The van der Waals surface area contributed by atoms with Crippen molar-refractivity contribution in [3.05, 3.63) is 34.9 Å². The maximum absolute atomic E-state index is 6.06. The second-order valence-electron chi connectivity index (χ2n) is 5.64. The van der Waals surface area contributed by atoms with Crippen LogP contribution in [0.3, 0.4) is 0 Å². The van der Waals surface area contributed by atoms with E-state index in [1.165, 1.54) is 16.7 Å². The van der Waals surface area contributed by atoms with Crippen molar-refractivity contribution in [2.75, 3.05) is 26.2 Å². The summed E-state index contributed by atoms with van der Waals surface area (Å²) in [7, 11) is 0. The predicted molar refractivity (Wildman–Crippen MR) is 79.3 cm³/mol. The van der Waals surface area contributed by atoms with Gasteiger partial charge in [-0.2, -0.15) is 0 Å². The first-order chi connectivity index (χ1) is 9.11. The van der Waals surface area contributed by atoms with Crippen LogP contribution in [0.15, 0.2) is 18.2 Å². The van der Waals surface area contributed by atoms with E-state index in [9.17, 15) is 0 Å². The first kappa shape index (κ1) is 14.5. The Bertz CT molecular complexity index is 419. The van der Waals surface area contributed by atoms with Crippen molar-refractivity contribution in [3.63, 3.8) is 0 Å². The lowest BCUT2D eigenvalue weighted by molar-refractivity contribution is 0.0611. The standard InChI is InChI=1S/C16H26N2O/c1-12-5-6-15(13(2)9-12)16(10-17)18-7-4-8-19-14(3)11-18/h5-6,9,14,16H,4,7-8,10-11,17H2,1-3H3. The smallest absolute Gasteiger partial charge is 0.0674 e. The van der Waals surface area contributed by atoms with E-state index in [0.717, 1.165) is 26.1 Å². The van der Waals surface area contributed by atoms with E-state index < -0.39 is 0 Å². The molecule has 2 atom stereocenters. The minimum absolute atomic E-state index is 0.294. The molecule has 0 amide bonds. The average molecular weight is 262 g/mol. The van der Waals surface area contributed by atoms with Crippen LogP contribution in [0, 0.1) is 13.8 Å². The van der Waals surface area contributed by atoms with Gasteiger partial charge in [-0.05, 0) is 38.3 Å². The van der Waals surface area contributed by atoms with Crippen LogP contribution in [0.1, 0.15) is 36.1 Å². The zero-order valence-corrected chi connectivity index (χ0v) is 12.4. The molecule has 1 heterocycles. The molecule has 2 N–H and O–H groups in total. The van der Waals surface area contributed by atoms with Crippen LogP contribution in [0.5, 0.6) is 0 Å². The number of ether oxygens (including phenoxy) is 1. The SMILES string of the molecule is Cc1ccc(C(CN)N2CCCOC(C)C2)c(C)c1. The third kappa shape index (κ3) is 3.56. The van der Waals surface area contributed by atoms with E-state index in [1.54, 1.807) is 0 Å². The highest BCUT2D eigenvalue weighted by Gasteiger charge is 2.24. The third-order valence-electron chi connectivity index (χ3n) is 3.93. The Morgan fingerprint density at radius 3 is 2.89 bits per heavy atom. The molecule has 1 aromatic carbocycles. The predicted octanol–water partition coefficient (Wildman–Crippen LogP) is 2.41. The average Bonchev–Trinajstić information content (AvgIpc) is 2.58. The Kier molecular flexibility index (Phi) is 4.97. The fraction of sp³-hybridized carbons (Fsp3) is 0.625. The first-order valence-corrected chi connectivity index (χ1v) is 7.24. The van der Waals surface area contributed by atoms with E-state index in [-0.39, 0.29) is 0 Å². The van der Waals surface area contributed by atoms with Crippen LogP contribution in [-0.2, 0) is 4.74 Å². The lowest BCUT2D eigenvalue weighted by atomic mass is 9.97. The lowest BCUT2D eigenvalue weighted by Gasteiger charge is -2.32. The molecule has 0 spiro atoms. The Morgan fingerprint density at radius 1 is 1.42 bits per heavy atom. The number of hydrogen-bond acceptors (Lipinski definition) is 3. The van der Waals surface area contributed by atoms with Crippen molar-refractivity contribution in [2.24, 2.45) is 5.73 Å². The van der Waals surface area contributed by atoms with Gasteiger partial charge in [0.2, 0.25) is 0 Å². The van der Waals surface area contributed by atoms with Crippen LogP contribution in [0.25, 0.3) is 0 Å². The molecule has 0 radical (unpaired) electrons. The van der Waals surface area contributed by atoms with Gasteiger partial charge in [-0.15, -0.1) is 0 Å². The van der Waals surface area contributed by atoms with Gasteiger partial charge in [0.25, 0.3) is 0 Å². The van der Waals surface area contributed by atoms with Gasteiger partial charge in [0.05, 0.1) is 6.10 Å². The number of nitrogens with zero attached hydrogens (tertiary/aromatic N) is 1. The van der Waals surface area contributed by atoms with Crippen molar-refractivity contribution < 1.29 is 4.74 Å². The van der Waals surface area contributed by atoms with Crippen molar-refractivity contribution in [3.8, 4) is 0 Å². The summed E-state index contributed by atoms with van der Waals surface area (Å²) in [5.74, 6) is 0. The Labute approximate surface area is 116 Å². The van der Waals surface area contributed by atoms with Crippen LogP contribution in [0.4, 0.5) is 0 Å². The molecule has 0 aliphatic carbocycles. The van der Waals surface area contributed by atoms with E-state index in [1.807, 2.05) is 0 Å². The second kappa shape index (κ2) is 6.51. The van der Waals surface area contributed by atoms with Crippen molar-refractivity contribution in [2.45, 2.75) is 39.3 Å². The number of hydrogen-bond donors (Lipinski definition) is 1. The molecule has 2 unspecified atom stereocenters. The molecule has 1 aliphatic rings. The molecular weight excluding hydrogens is 236 g/mol. The molecule has 1 aliphatic heterocycles. The summed E-state index contributed by atoms with van der Waals surface area (Å²) in [4.78, 5) is 2.48. The van der Waals surface area contributed by atoms with E-state index in [4.69, 9.17) is 10.5 Å². The van der Waals surface area contributed by atoms with Crippen molar-refractivity contribution >= 4 is 0 Å². The number of rotatable bonds is 3. The first-order valence-electron chi connectivity index (χ1n) is 7.24. The molecular formula is C16H26N2O. The van der Waals surface area contributed by atoms with Gasteiger partial charge in [0.1, 0.15) is 0 Å². The van der Waals surface area contributed by atoms with E-state index in [2.05, 4.69) is 43.9 Å².